The Morgan fingerprint density at radius 1 is 0.900 bits per heavy atom. The summed E-state index contributed by atoms with van der Waals surface area (Å²) in [6.07, 6.45) is 19.3. The van der Waals surface area contributed by atoms with Crippen LogP contribution < -0.4 is 5.32 Å². The van der Waals surface area contributed by atoms with E-state index in [-0.39, 0.29) is 0 Å². The first-order valence-corrected chi connectivity index (χ1v) is 9.55. The molecule has 20 heavy (non-hydrogen) atoms. The van der Waals surface area contributed by atoms with Crippen LogP contribution in [0.3, 0.4) is 0 Å². The molecule has 0 aliphatic heterocycles. The maximum atomic E-state index is 3.85. The van der Waals surface area contributed by atoms with Gasteiger partial charge in [-0.3, -0.25) is 0 Å². The zero-order chi connectivity index (χ0) is 13.8. The number of unbranched alkanes of at least 4 members (excludes halogenated alkanes) is 6. The molecule has 3 aliphatic carbocycles. The van der Waals surface area contributed by atoms with E-state index in [1.54, 1.807) is 19.3 Å². The van der Waals surface area contributed by atoms with E-state index >= 15 is 0 Å². The molecule has 0 saturated heterocycles. The topological polar surface area (TPSA) is 12.0 Å². The molecule has 1 heteroatoms. The number of rotatable bonds is 11. The smallest absolute Gasteiger partial charge is 0.00684 e. The van der Waals surface area contributed by atoms with Gasteiger partial charge >= 0.3 is 0 Å². The molecule has 0 bridgehead atoms. The summed E-state index contributed by atoms with van der Waals surface area (Å²) < 4.78 is 0. The van der Waals surface area contributed by atoms with Crippen LogP contribution in [0.2, 0.25) is 0 Å². The van der Waals surface area contributed by atoms with E-state index in [0.29, 0.717) is 0 Å². The van der Waals surface area contributed by atoms with E-state index < -0.39 is 0 Å². The van der Waals surface area contributed by atoms with Crippen LogP contribution in [0, 0.1) is 17.3 Å². The fourth-order valence-corrected chi connectivity index (χ4v) is 4.55. The Morgan fingerprint density at radius 2 is 1.55 bits per heavy atom. The van der Waals surface area contributed by atoms with Crippen LogP contribution in [0.15, 0.2) is 0 Å². The molecule has 0 heterocycles. The molecule has 2 unspecified atom stereocenters. The Labute approximate surface area is 126 Å². The summed E-state index contributed by atoms with van der Waals surface area (Å²) >= 11 is 0. The summed E-state index contributed by atoms with van der Waals surface area (Å²) in [5.74, 6) is 2.28. The lowest BCUT2D eigenvalue weighted by atomic mass is 9.78. The van der Waals surface area contributed by atoms with Gasteiger partial charge in [0.2, 0.25) is 0 Å². The van der Waals surface area contributed by atoms with Crippen LogP contribution in [0.1, 0.15) is 90.4 Å². The largest absolute Gasteiger partial charge is 0.313 e. The maximum absolute atomic E-state index is 3.85. The van der Waals surface area contributed by atoms with Crippen molar-refractivity contribution in [2.24, 2.45) is 17.3 Å². The summed E-state index contributed by atoms with van der Waals surface area (Å²) in [5.41, 5.74) is 0.722. The first-order valence-electron chi connectivity index (χ1n) is 9.55. The van der Waals surface area contributed by atoms with Crippen molar-refractivity contribution >= 4 is 0 Å². The predicted octanol–water partition coefficient (Wildman–Crippen LogP) is 5.30. The van der Waals surface area contributed by atoms with Gasteiger partial charge in [0, 0.05) is 12.6 Å². The molecule has 116 valence electrons. The molecule has 3 rings (SSSR count). The number of hydrogen-bond donors (Lipinski definition) is 1. The summed E-state index contributed by atoms with van der Waals surface area (Å²) in [6, 6.07) is 0.901. The molecule has 0 amide bonds. The third-order valence-corrected chi connectivity index (χ3v) is 6.11. The lowest BCUT2D eigenvalue weighted by molar-refractivity contribution is 0.221. The fraction of sp³-hybridized carbons (Fsp3) is 1.00. The predicted molar refractivity (Wildman–Crippen MR) is 86.9 cm³/mol. The van der Waals surface area contributed by atoms with Crippen molar-refractivity contribution in [1.29, 1.82) is 0 Å². The Hall–Kier alpha value is -0.0400. The third-order valence-electron chi connectivity index (χ3n) is 6.11. The van der Waals surface area contributed by atoms with E-state index in [1.165, 1.54) is 70.8 Å². The SMILES string of the molecule is CCCCCCCCCC1(CNC2CC2)CC2CC2C1. The van der Waals surface area contributed by atoms with E-state index in [9.17, 15) is 0 Å². The summed E-state index contributed by atoms with van der Waals surface area (Å²) in [6.45, 7) is 3.66. The van der Waals surface area contributed by atoms with Crippen molar-refractivity contribution in [2.45, 2.75) is 96.4 Å². The molecular formula is C19H35N. The molecule has 0 aromatic rings. The van der Waals surface area contributed by atoms with Gasteiger partial charge in [-0.25, -0.2) is 0 Å². The van der Waals surface area contributed by atoms with Gasteiger partial charge in [-0.2, -0.15) is 0 Å². The van der Waals surface area contributed by atoms with Crippen LogP contribution in [-0.4, -0.2) is 12.6 Å². The molecule has 1 nitrogen and oxygen atoms in total. The molecule has 2 atom stereocenters. The van der Waals surface area contributed by atoms with Crippen LogP contribution >= 0.6 is 0 Å². The molecule has 3 fully saturated rings. The van der Waals surface area contributed by atoms with E-state index in [2.05, 4.69) is 12.2 Å². The quantitative estimate of drug-likeness (QED) is 0.506. The minimum Gasteiger partial charge on any atom is -0.313 e. The average Bonchev–Trinajstić information content (AvgIpc) is 3.36. The van der Waals surface area contributed by atoms with Crippen LogP contribution in [-0.2, 0) is 0 Å². The molecule has 3 aliphatic rings. The summed E-state index contributed by atoms with van der Waals surface area (Å²) in [5, 5.41) is 3.85. The average molecular weight is 277 g/mol. The maximum Gasteiger partial charge on any atom is 0.00684 e. The number of fused-ring (bicyclic) bond motifs is 1. The standard InChI is InChI=1S/C19H35N/c1-2-3-4-5-6-7-8-11-19(15-20-18-9-10-18)13-16-12-17(16)14-19/h16-18,20H,2-15H2,1H3. The summed E-state index contributed by atoms with van der Waals surface area (Å²) in [7, 11) is 0. The van der Waals surface area contributed by atoms with Crippen molar-refractivity contribution in [3.8, 4) is 0 Å². The van der Waals surface area contributed by atoms with Gasteiger partial charge in [0.15, 0.2) is 0 Å². The van der Waals surface area contributed by atoms with Gasteiger partial charge < -0.3 is 5.32 Å². The first-order chi connectivity index (χ1) is 9.81. The van der Waals surface area contributed by atoms with Gasteiger partial charge in [0.05, 0.1) is 0 Å². The minimum atomic E-state index is 0.722. The molecule has 0 radical (unpaired) electrons. The van der Waals surface area contributed by atoms with Gasteiger partial charge in [0.1, 0.15) is 0 Å². The normalized spacial score (nSPS) is 35.2. The number of hydrogen-bond acceptors (Lipinski definition) is 1. The third kappa shape index (κ3) is 4.23. The van der Waals surface area contributed by atoms with Gasteiger partial charge in [0.25, 0.3) is 0 Å². The van der Waals surface area contributed by atoms with Crippen LogP contribution in [0.5, 0.6) is 0 Å². The molecule has 1 N–H and O–H groups in total. The lowest BCUT2D eigenvalue weighted by Gasteiger charge is -2.31. The van der Waals surface area contributed by atoms with E-state index in [1.807, 2.05) is 0 Å². The second kappa shape index (κ2) is 6.81. The fourth-order valence-electron chi connectivity index (χ4n) is 4.55. The highest BCUT2D eigenvalue weighted by Gasteiger charge is 2.53. The molecular weight excluding hydrogens is 242 g/mol. The van der Waals surface area contributed by atoms with Crippen molar-refractivity contribution in [2.75, 3.05) is 6.54 Å². The molecule has 0 aromatic heterocycles. The Kier molecular flexibility index (Phi) is 5.07. The summed E-state index contributed by atoms with van der Waals surface area (Å²) in [4.78, 5) is 0. The Balaban J connectivity index is 1.31. The van der Waals surface area contributed by atoms with E-state index in [4.69, 9.17) is 0 Å². The van der Waals surface area contributed by atoms with Crippen LogP contribution in [0.4, 0.5) is 0 Å². The van der Waals surface area contributed by atoms with Crippen molar-refractivity contribution in [3.63, 3.8) is 0 Å². The number of nitrogens with one attached hydrogen (secondary N) is 1. The lowest BCUT2D eigenvalue weighted by Crippen LogP contribution is -2.34. The van der Waals surface area contributed by atoms with Crippen molar-refractivity contribution in [3.05, 3.63) is 0 Å². The van der Waals surface area contributed by atoms with Gasteiger partial charge in [-0.1, -0.05) is 51.9 Å². The highest BCUT2D eigenvalue weighted by Crippen LogP contribution is 2.61. The van der Waals surface area contributed by atoms with Crippen molar-refractivity contribution < 1.29 is 0 Å². The van der Waals surface area contributed by atoms with Crippen LogP contribution in [0.25, 0.3) is 0 Å². The van der Waals surface area contributed by atoms with Gasteiger partial charge in [-0.15, -0.1) is 0 Å². The minimum absolute atomic E-state index is 0.722. The first kappa shape index (κ1) is 14.9. The van der Waals surface area contributed by atoms with Gasteiger partial charge in [-0.05, 0) is 55.8 Å². The molecule has 0 spiro atoms. The van der Waals surface area contributed by atoms with Crippen molar-refractivity contribution in [1.82, 2.24) is 5.32 Å². The highest BCUT2D eigenvalue weighted by atomic mass is 15.0. The molecule has 0 aromatic carbocycles. The van der Waals surface area contributed by atoms with E-state index in [0.717, 1.165) is 23.3 Å². The highest BCUT2D eigenvalue weighted by molar-refractivity contribution is 5.04. The zero-order valence-electron chi connectivity index (χ0n) is 13.6. The zero-order valence-corrected chi connectivity index (χ0v) is 13.6. The monoisotopic (exact) mass is 277 g/mol. The second-order valence-electron chi connectivity index (χ2n) is 8.19. The Morgan fingerprint density at radius 3 is 2.20 bits per heavy atom. The molecule has 3 saturated carbocycles. The second-order valence-corrected chi connectivity index (χ2v) is 8.19. The Bertz CT molecular complexity index is 284.